The van der Waals surface area contributed by atoms with Crippen molar-refractivity contribution in [2.75, 3.05) is 13.1 Å². The summed E-state index contributed by atoms with van der Waals surface area (Å²) in [7, 11) is 0. The first-order valence-electron chi connectivity index (χ1n) is 5.50. The smallest absolute Gasteiger partial charge is 0.146 e. The molecule has 1 fully saturated rings. The second-order valence-corrected chi connectivity index (χ2v) is 4.07. The lowest BCUT2D eigenvalue weighted by Crippen LogP contribution is -2.29. The molecule has 2 nitrogen and oxygen atoms in total. The van der Waals surface area contributed by atoms with Gasteiger partial charge in [-0.15, -0.1) is 0 Å². The molecule has 0 N–H and O–H groups in total. The lowest BCUT2D eigenvalue weighted by molar-refractivity contribution is -0.105. The van der Waals surface area contributed by atoms with Gasteiger partial charge in [0.1, 0.15) is 6.29 Å². The number of hydrogen-bond donors (Lipinski definition) is 0. The molecule has 2 aliphatic rings. The molecule has 0 spiro atoms. The summed E-state index contributed by atoms with van der Waals surface area (Å²) in [5.74, 6) is 0. The minimum atomic E-state index is 0.922. The van der Waals surface area contributed by atoms with Crippen molar-refractivity contribution in [2.24, 2.45) is 0 Å². The van der Waals surface area contributed by atoms with Gasteiger partial charge in [-0.2, -0.15) is 0 Å². The zero-order valence-electron chi connectivity index (χ0n) is 8.54. The molecule has 2 heteroatoms. The van der Waals surface area contributed by atoms with E-state index in [-0.39, 0.29) is 0 Å². The standard InChI is InChI=1S/C12H17NO/c14-10-11-4-6-12(7-5-11)13-8-2-1-3-9-13/h4,6,10H,1-3,5,7-9H2. The molecule has 1 aliphatic heterocycles. The van der Waals surface area contributed by atoms with E-state index < -0.39 is 0 Å². The Bertz CT molecular complexity index is 272. The molecule has 0 bridgehead atoms. The number of hydrogen-bond acceptors (Lipinski definition) is 2. The molecule has 0 aromatic carbocycles. The van der Waals surface area contributed by atoms with E-state index in [1.807, 2.05) is 6.08 Å². The highest BCUT2D eigenvalue weighted by Crippen LogP contribution is 2.23. The third-order valence-corrected chi connectivity index (χ3v) is 3.07. The topological polar surface area (TPSA) is 20.3 Å². The summed E-state index contributed by atoms with van der Waals surface area (Å²) in [4.78, 5) is 13.0. The number of carbonyl (C=O) groups excluding carboxylic acids is 1. The molecule has 0 amide bonds. The minimum Gasteiger partial charge on any atom is -0.375 e. The average molecular weight is 191 g/mol. The maximum Gasteiger partial charge on any atom is 0.146 e. The molecule has 0 aromatic heterocycles. The van der Waals surface area contributed by atoms with Gasteiger partial charge in [0, 0.05) is 18.8 Å². The summed E-state index contributed by atoms with van der Waals surface area (Å²) >= 11 is 0. The molecule has 76 valence electrons. The van der Waals surface area contributed by atoms with Crippen molar-refractivity contribution in [1.82, 2.24) is 4.90 Å². The Balaban J connectivity index is 2.01. The van der Waals surface area contributed by atoms with Gasteiger partial charge < -0.3 is 4.90 Å². The van der Waals surface area contributed by atoms with Crippen LogP contribution >= 0.6 is 0 Å². The highest BCUT2D eigenvalue weighted by Gasteiger charge is 2.15. The van der Waals surface area contributed by atoms with Gasteiger partial charge in [0.15, 0.2) is 0 Å². The molecule has 0 aromatic rings. The molecular formula is C12H17NO. The molecule has 0 saturated carbocycles. The first kappa shape index (κ1) is 9.50. The van der Waals surface area contributed by atoms with E-state index in [4.69, 9.17) is 0 Å². The predicted molar refractivity (Wildman–Crippen MR) is 56.9 cm³/mol. The molecule has 1 aliphatic carbocycles. The molecule has 1 heterocycles. The summed E-state index contributed by atoms with van der Waals surface area (Å²) in [6.45, 7) is 2.41. The van der Waals surface area contributed by atoms with E-state index in [0.717, 1.165) is 24.7 Å². The SMILES string of the molecule is O=CC1=CC=C(N2CCCCC2)CC1. The Hall–Kier alpha value is -1.05. The number of rotatable bonds is 2. The number of carbonyl (C=O) groups is 1. The largest absolute Gasteiger partial charge is 0.375 e. The normalized spacial score (nSPS) is 22.7. The monoisotopic (exact) mass is 191 g/mol. The van der Waals surface area contributed by atoms with Gasteiger partial charge in [-0.1, -0.05) is 6.08 Å². The van der Waals surface area contributed by atoms with E-state index in [2.05, 4.69) is 11.0 Å². The highest BCUT2D eigenvalue weighted by molar-refractivity contribution is 5.74. The van der Waals surface area contributed by atoms with Gasteiger partial charge in [0.25, 0.3) is 0 Å². The van der Waals surface area contributed by atoms with Crippen LogP contribution in [-0.2, 0) is 4.79 Å². The highest BCUT2D eigenvalue weighted by atomic mass is 16.1. The van der Waals surface area contributed by atoms with Crippen LogP contribution in [0, 0.1) is 0 Å². The maximum atomic E-state index is 10.5. The summed E-state index contributed by atoms with van der Waals surface area (Å²) in [6.07, 6.45) is 11.1. The van der Waals surface area contributed by atoms with Crippen LogP contribution in [0.15, 0.2) is 23.4 Å². The summed E-state index contributed by atoms with van der Waals surface area (Å²) in [5.41, 5.74) is 2.36. The van der Waals surface area contributed by atoms with Crippen molar-refractivity contribution in [1.29, 1.82) is 0 Å². The average Bonchev–Trinajstić information content (AvgIpc) is 2.30. The Kier molecular flexibility index (Phi) is 3.02. The lowest BCUT2D eigenvalue weighted by atomic mass is 10.0. The summed E-state index contributed by atoms with van der Waals surface area (Å²) < 4.78 is 0. The van der Waals surface area contributed by atoms with Crippen LogP contribution in [-0.4, -0.2) is 24.3 Å². The molecule has 0 radical (unpaired) electrons. The third kappa shape index (κ3) is 2.06. The molecule has 0 atom stereocenters. The van der Waals surface area contributed by atoms with Gasteiger partial charge >= 0.3 is 0 Å². The Morgan fingerprint density at radius 3 is 2.43 bits per heavy atom. The molecule has 2 rings (SSSR count). The third-order valence-electron chi connectivity index (χ3n) is 3.07. The quantitative estimate of drug-likeness (QED) is 0.624. The number of allylic oxidation sites excluding steroid dienone is 4. The van der Waals surface area contributed by atoms with Crippen molar-refractivity contribution in [3.63, 3.8) is 0 Å². The van der Waals surface area contributed by atoms with Gasteiger partial charge in [0.2, 0.25) is 0 Å². The molecule has 14 heavy (non-hydrogen) atoms. The van der Waals surface area contributed by atoms with Crippen LogP contribution in [0.25, 0.3) is 0 Å². The fraction of sp³-hybridized carbons (Fsp3) is 0.583. The van der Waals surface area contributed by atoms with Crippen molar-refractivity contribution in [3.8, 4) is 0 Å². The Morgan fingerprint density at radius 1 is 1.07 bits per heavy atom. The van der Waals surface area contributed by atoms with E-state index in [1.165, 1.54) is 38.0 Å². The van der Waals surface area contributed by atoms with Crippen LogP contribution < -0.4 is 0 Å². The van der Waals surface area contributed by atoms with Crippen molar-refractivity contribution < 1.29 is 4.79 Å². The van der Waals surface area contributed by atoms with E-state index >= 15 is 0 Å². The van der Waals surface area contributed by atoms with Crippen LogP contribution in [0.2, 0.25) is 0 Å². The zero-order chi connectivity index (χ0) is 9.80. The van der Waals surface area contributed by atoms with Crippen LogP contribution in [0.5, 0.6) is 0 Å². The van der Waals surface area contributed by atoms with Gasteiger partial charge in [-0.3, -0.25) is 4.79 Å². The van der Waals surface area contributed by atoms with Crippen LogP contribution in [0.3, 0.4) is 0 Å². The first-order chi connectivity index (χ1) is 6.90. The predicted octanol–water partition coefficient (Wildman–Crippen LogP) is 2.28. The lowest BCUT2D eigenvalue weighted by Gasteiger charge is -2.32. The second kappa shape index (κ2) is 4.45. The molecule has 1 saturated heterocycles. The van der Waals surface area contributed by atoms with E-state index in [1.54, 1.807) is 0 Å². The van der Waals surface area contributed by atoms with Crippen molar-refractivity contribution in [3.05, 3.63) is 23.4 Å². The van der Waals surface area contributed by atoms with Crippen molar-refractivity contribution in [2.45, 2.75) is 32.1 Å². The second-order valence-electron chi connectivity index (χ2n) is 4.07. The molecular weight excluding hydrogens is 174 g/mol. The first-order valence-corrected chi connectivity index (χ1v) is 5.50. The Morgan fingerprint density at radius 2 is 1.86 bits per heavy atom. The number of nitrogens with zero attached hydrogens (tertiary/aromatic N) is 1. The number of aldehydes is 1. The fourth-order valence-corrected chi connectivity index (χ4v) is 2.19. The van der Waals surface area contributed by atoms with Gasteiger partial charge in [-0.05, 0) is 43.8 Å². The van der Waals surface area contributed by atoms with Crippen LogP contribution in [0.4, 0.5) is 0 Å². The van der Waals surface area contributed by atoms with Gasteiger partial charge in [0.05, 0.1) is 0 Å². The maximum absolute atomic E-state index is 10.5. The van der Waals surface area contributed by atoms with Gasteiger partial charge in [-0.25, -0.2) is 0 Å². The number of likely N-dealkylation sites (tertiary alicyclic amines) is 1. The summed E-state index contributed by atoms with van der Waals surface area (Å²) in [6, 6.07) is 0. The minimum absolute atomic E-state index is 0.922. The summed E-state index contributed by atoms with van der Waals surface area (Å²) in [5, 5.41) is 0. The van der Waals surface area contributed by atoms with Crippen LogP contribution in [0.1, 0.15) is 32.1 Å². The molecule has 0 unspecified atom stereocenters. The van der Waals surface area contributed by atoms with E-state index in [0.29, 0.717) is 0 Å². The fourth-order valence-electron chi connectivity index (χ4n) is 2.19. The van der Waals surface area contributed by atoms with Crippen molar-refractivity contribution >= 4 is 6.29 Å². The zero-order valence-corrected chi connectivity index (χ0v) is 8.54. The number of piperidine rings is 1. The van der Waals surface area contributed by atoms with E-state index in [9.17, 15) is 4.79 Å². The Labute approximate surface area is 85.3 Å².